The van der Waals surface area contributed by atoms with E-state index in [1.165, 1.54) is 51.6 Å². The van der Waals surface area contributed by atoms with Gasteiger partial charge in [-0.2, -0.15) is 0 Å². The summed E-state index contributed by atoms with van der Waals surface area (Å²) in [6.07, 6.45) is 7.98. The van der Waals surface area contributed by atoms with E-state index in [0.717, 1.165) is 12.5 Å². The molecule has 0 aromatic carbocycles. The van der Waals surface area contributed by atoms with Crippen LogP contribution >= 0.6 is 0 Å². The van der Waals surface area contributed by atoms with Crippen LogP contribution in [0.5, 0.6) is 0 Å². The van der Waals surface area contributed by atoms with E-state index < -0.39 is 0 Å². The minimum atomic E-state index is -0.0498. The van der Waals surface area contributed by atoms with Gasteiger partial charge in [0.1, 0.15) is 0 Å². The van der Waals surface area contributed by atoms with Crippen molar-refractivity contribution in [2.75, 3.05) is 26.2 Å². The van der Waals surface area contributed by atoms with Gasteiger partial charge in [0.25, 0.3) is 0 Å². The SMILES string of the molecule is CCCC1CCN(CC(CO)(NC(C)C)C2CC2)CC1. The lowest BCUT2D eigenvalue weighted by atomic mass is 9.88. The topological polar surface area (TPSA) is 35.5 Å². The van der Waals surface area contributed by atoms with E-state index in [9.17, 15) is 5.11 Å². The molecule has 2 rings (SSSR count). The number of aliphatic hydroxyl groups excluding tert-OH is 1. The molecule has 20 heavy (non-hydrogen) atoms. The Morgan fingerprint density at radius 3 is 2.30 bits per heavy atom. The molecule has 1 atom stereocenters. The van der Waals surface area contributed by atoms with Crippen LogP contribution in [0.25, 0.3) is 0 Å². The van der Waals surface area contributed by atoms with Gasteiger partial charge in [0, 0.05) is 12.6 Å². The average molecular weight is 282 g/mol. The highest BCUT2D eigenvalue weighted by Gasteiger charge is 2.46. The Bertz CT molecular complexity index is 283. The van der Waals surface area contributed by atoms with Gasteiger partial charge in [-0.15, -0.1) is 0 Å². The predicted octanol–water partition coefficient (Wildman–Crippen LogP) is 2.64. The first-order valence-corrected chi connectivity index (χ1v) is 8.70. The molecule has 118 valence electrons. The summed E-state index contributed by atoms with van der Waals surface area (Å²) in [4.78, 5) is 2.59. The van der Waals surface area contributed by atoms with E-state index in [2.05, 4.69) is 31.0 Å². The third-order valence-electron chi connectivity index (χ3n) is 5.13. The number of piperidine rings is 1. The van der Waals surface area contributed by atoms with Crippen molar-refractivity contribution < 1.29 is 5.11 Å². The van der Waals surface area contributed by atoms with Gasteiger partial charge in [-0.1, -0.05) is 33.6 Å². The molecule has 1 unspecified atom stereocenters. The summed E-state index contributed by atoms with van der Waals surface area (Å²) in [7, 11) is 0. The maximum absolute atomic E-state index is 10.0. The fourth-order valence-corrected chi connectivity index (χ4v) is 3.97. The summed E-state index contributed by atoms with van der Waals surface area (Å²) < 4.78 is 0. The zero-order valence-corrected chi connectivity index (χ0v) is 13.7. The van der Waals surface area contributed by atoms with Crippen LogP contribution in [0.4, 0.5) is 0 Å². The van der Waals surface area contributed by atoms with Crippen LogP contribution < -0.4 is 5.32 Å². The molecule has 1 aliphatic carbocycles. The van der Waals surface area contributed by atoms with Crippen LogP contribution in [-0.4, -0.2) is 47.8 Å². The smallest absolute Gasteiger partial charge is 0.0628 e. The molecule has 2 aliphatic rings. The third-order valence-corrected chi connectivity index (χ3v) is 5.13. The fourth-order valence-electron chi connectivity index (χ4n) is 3.97. The highest BCUT2D eigenvalue weighted by molar-refractivity contribution is 5.03. The Labute approximate surface area is 125 Å². The number of rotatable bonds is 8. The summed E-state index contributed by atoms with van der Waals surface area (Å²) in [6, 6.07) is 0.445. The Hall–Kier alpha value is -0.120. The van der Waals surface area contributed by atoms with Crippen molar-refractivity contribution in [1.82, 2.24) is 10.2 Å². The average Bonchev–Trinajstić information content (AvgIpc) is 3.24. The number of aliphatic hydroxyl groups is 1. The second-order valence-corrected chi connectivity index (χ2v) is 7.40. The number of likely N-dealkylation sites (tertiary alicyclic amines) is 1. The maximum atomic E-state index is 10.0. The minimum absolute atomic E-state index is 0.0498. The minimum Gasteiger partial charge on any atom is -0.394 e. The van der Waals surface area contributed by atoms with Gasteiger partial charge < -0.3 is 15.3 Å². The molecule has 0 radical (unpaired) electrons. The summed E-state index contributed by atoms with van der Waals surface area (Å²) in [6.45, 7) is 10.4. The molecule has 0 amide bonds. The molecule has 0 bridgehead atoms. The molecule has 2 N–H and O–H groups in total. The van der Waals surface area contributed by atoms with Crippen LogP contribution in [0.15, 0.2) is 0 Å². The number of nitrogens with zero attached hydrogens (tertiary/aromatic N) is 1. The number of nitrogens with one attached hydrogen (secondary N) is 1. The molecule has 1 heterocycles. The van der Waals surface area contributed by atoms with Crippen LogP contribution in [0.2, 0.25) is 0 Å². The Morgan fingerprint density at radius 1 is 1.20 bits per heavy atom. The quantitative estimate of drug-likeness (QED) is 0.718. The maximum Gasteiger partial charge on any atom is 0.0628 e. The molecule has 1 aliphatic heterocycles. The zero-order chi connectivity index (χ0) is 14.6. The van der Waals surface area contributed by atoms with Crippen molar-refractivity contribution in [1.29, 1.82) is 0 Å². The lowest BCUT2D eigenvalue weighted by Crippen LogP contribution is -2.60. The first-order valence-electron chi connectivity index (χ1n) is 8.70. The highest BCUT2D eigenvalue weighted by atomic mass is 16.3. The highest BCUT2D eigenvalue weighted by Crippen LogP contribution is 2.40. The molecule has 0 aromatic heterocycles. The van der Waals surface area contributed by atoms with Crippen LogP contribution in [0, 0.1) is 11.8 Å². The van der Waals surface area contributed by atoms with Crippen molar-refractivity contribution in [3.8, 4) is 0 Å². The van der Waals surface area contributed by atoms with Crippen molar-refractivity contribution in [3.05, 3.63) is 0 Å². The van der Waals surface area contributed by atoms with Gasteiger partial charge in [-0.25, -0.2) is 0 Å². The fraction of sp³-hybridized carbons (Fsp3) is 1.00. The van der Waals surface area contributed by atoms with Gasteiger partial charge >= 0.3 is 0 Å². The van der Waals surface area contributed by atoms with Crippen molar-refractivity contribution in [2.45, 2.75) is 70.9 Å². The molecular weight excluding hydrogens is 248 g/mol. The third kappa shape index (κ3) is 4.19. The normalized spacial score (nSPS) is 25.1. The molecule has 2 fully saturated rings. The standard InChI is InChI=1S/C17H34N2O/c1-4-5-15-8-10-19(11-9-15)12-17(13-20,16-6-7-16)18-14(2)3/h14-16,18,20H,4-13H2,1-3H3. The van der Waals surface area contributed by atoms with E-state index in [4.69, 9.17) is 0 Å². The summed E-state index contributed by atoms with van der Waals surface area (Å²) in [5, 5.41) is 13.7. The van der Waals surface area contributed by atoms with Crippen LogP contribution in [0.3, 0.4) is 0 Å². The molecule has 0 aromatic rings. The van der Waals surface area contributed by atoms with E-state index >= 15 is 0 Å². The second kappa shape index (κ2) is 7.24. The Morgan fingerprint density at radius 2 is 1.85 bits per heavy atom. The summed E-state index contributed by atoms with van der Waals surface area (Å²) >= 11 is 0. The molecule has 1 saturated carbocycles. The van der Waals surface area contributed by atoms with Gasteiger partial charge in [-0.05, 0) is 50.6 Å². The largest absolute Gasteiger partial charge is 0.394 e. The summed E-state index contributed by atoms with van der Waals surface area (Å²) in [5.41, 5.74) is -0.0498. The monoisotopic (exact) mass is 282 g/mol. The predicted molar refractivity (Wildman–Crippen MR) is 84.9 cm³/mol. The van der Waals surface area contributed by atoms with E-state index in [-0.39, 0.29) is 12.1 Å². The van der Waals surface area contributed by atoms with E-state index in [1.54, 1.807) is 0 Å². The number of hydrogen-bond acceptors (Lipinski definition) is 3. The van der Waals surface area contributed by atoms with Crippen molar-refractivity contribution >= 4 is 0 Å². The van der Waals surface area contributed by atoms with E-state index in [1.807, 2.05) is 0 Å². The van der Waals surface area contributed by atoms with Gasteiger partial charge in [0.2, 0.25) is 0 Å². The lowest BCUT2D eigenvalue weighted by molar-refractivity contribution is 0.0660. The number of hydrogen-bond donors (Lipinski definition) is 2. The Kier molecular flexibility index (Phi) is 5.88. The summed E-state index contributed by atoms with van der Waals surface area (Å²) in [5.74, 6) is 1.63. The van der Waals surface area contributed by atoms with E-state index in [0.29, 0.717) is 12.0 Å². The van der Waals surface area contributed by atoms with Gasteiger partial charge in [0.05, 0.1) is 12.1 Å². The molecule has 0 spiro atoms. The zero-order valence-electron chi connectivity index (χ0n) is 13.7. The van der Waals surface area contributed by atoms with Gasteiger partial charge in [0.15, 0.2) is 0 Å². The lowest BCUT2D eigenvalue weighted by Gasteiger charge is -2.42. The molecule has 3 nitrogen and oxygen atoms in total. The van der Waals surface area contributed by atoms with Crippen LogP contribution in [-0.2, 0) is 0 Å². The first-order chi connectivity index (χ1) is 9.59. The molecular formula is C17H34N2O. The second-order valence-electron chi connectivity index (χ2n) is 7.40. The van der Waals surface area contributed by atoms with Crippen molar-refractivity contribution in [2.24, 2.45) is 11.8 Å². The molecule has 1 saturated heterocycles. The van der Waals surface area contributed by atoms with Crippen LogP contribution in [0.1, 0.15) is 59.3 Å². The molecule has 3 heteroatoms. The Balaban J connectivity index is 1.88. The van der Waals surface area contributed by atoms with Crippen molar-refractivity contribution in [3.63, 3.8) is 0 Å². The first kappa shape index (κ1) is 16.3. The van der Waals surface area contributed by atoms with Gasteiger partial charge in [-0.3, -0.25) is 0 Å².